The average Bonchev–Trinajstić information content (AvgIpc) is 3.09. The molecule has 2 heterocycles. The highest BCUT2D eigenvalue weighted by Crippen LogP contribution is 2.30. The van der Waals surface area contributed by atoms with Gasteiger partial charge < -0.3 is 20.0 Å². The van der Waals surface area contributed by atoms with Gasteiger partial charge in [-0.05, 0) is 30.7 Å². The van der Waals surface area contributed by atoms with Gasteiger partial charge in [0.2, 0.25) is 0 Å². The molecular formula is C20H18F4N4O. The molecule has 152 valence electrons. The fourth-order valence-electron chi connectivity index (χ4n) is 3.57. The van der Waals surface area contributed by atoms with Gasteiger partial charge in [-0.3, -0.25) is 0 Å². The van der Waals surface area contributed by atoms with E-state index in [9.17, 15) is 22.4 Å². The summed E-state index contributed by atoms with van der Waals surface area (Å²) in [5.41, 5.74) is 0.441. The molecule has 2 amide bonds. The second kappa shape index (κ2) is 7.31. The summed E-state index contributed by atoms with van der Waals surface area (Å²) in [6.07, 6.45) is 3.11. The lowest BCUT2D eigenvalue weighted by Crippen LogP contribution is -2.57. The number of nitrogens with zero attached hydrogens (tertiary/aromatic N) is 3. The van der Waals surface area contributed by atoms with Crippen LogP contribution in [0.25, 0.3) is 0 Å². The van der Waals surface area contributed by atoms with Crippen molar-refractivity contribution in [3.63, 3.8) is 0 Å². The van der Waals surface area contributed by atoms with E-state index in [1.54, 1.807) is 17.3 Å². The molecule has 9 heteroatoms. The standard InChI is InChI=1S/C20H18F4N4O/c1-12-8-14(10-16(23)19(12)24)25-20(29)27-5-4-26-6-7-28(18(26)11-27)17-3-2-13(21)9-15(17)22/h2-3,6-10,18H,4-5,11H2,1H3,(H,25,29). The second-order valence-corrected chi connectivity index (χ2v) is 6.98. The maximum absolute atomic E-state index is 14.2. The molecule has 5 nitrogen and oxygen atoms in total. The van der Waals surface area contributed by atoms with E-state index in [0.29, 0.717) is 13.1 Å². The zero-order chi connectivity index (χ0) is 20.7. The number of fused-ring (bicyclic) bond motifs is 1. The summed E-state index contributed by atoms with van der Waals surface area (Å²) in [7, 11) is 0. The Morgan fingerprint density at radius 1 is 1.03 bits per heavy atom. The third kappa shape index (κ3) is 3.59. The molecule has 2 aromatic carbocycles. The van der Waals surface area contributed by atoms with Crippen molar-refractivity contribution in [2.75, 3.05) is 29.9 Å². The molecule has 1 fully saturated rings. The molecule has 0 radical (unpaired) electrons. The fourth-order valence-corrected chi connectivity index (χ4v) is 3.57. The van der Waals surface area contributed by atoms with Gasteiger partial charge in [-0.15, -0.1) is 0 Å². The Labute approximate surface area is 164 Å². The van der Waals surface area contributed by atoms with Crippen LogP contribution in [0.3, 0.4) is 0 Å². The van der Waals surface area contributed by atoms with Crippen molar-refractivity contribution < 1.29 is 22.4 Å². The molecule has 0 saturated carbocycles. The van der Waals surface area contributed by atoms with Gasteiger partial charge >= 0.3 is 6.03 Å². The van der Waals surface area contributed by atoms with Gasteiger partial charge in [0.05, 0.1) is 12.2 Å². The van der Waals surface area contributed by atoms with Crippen LogP contribution in [0.5, 0.6) is 0 Å². The molecular weight excluding hydrogens is 388 g/mol. The SMILES string of the molecule is Cc1cc(NC(=O)N2CCN3C=CN(c4ccc(F)cc4F)C3C2)cc(F)c1F. The van der Waals surface area contributed by atoms with Gasteiger partial charge in [0.25, 0.3) is 0 Å². The van der Waals surface area contributed by atoms with Crippen molar-refractivity contribution in [2.45, 2.75) is 13.1 Å². The number of hydrogen-bond donors (Lipinski definition) is 1. The smallest absolute Gasteiger partial charge is 0.322 e. The van der Waals surface area contributed by atoms with E-state index >= 15 is 0 Å². The van der Waals surface area contributed by atoms with Crippen LogP contribution < -0.4 is 10.2 Å². The van der Waals surface area contributed by atoms with Crippen LogP contribution >= 0.6 is 0 Å². The zero-order valence-corrected chi connectivity index (χ0v) is 15.5. The largest absolute Gasteiger partial charge is 0.352 e. The van der Waals surface area contributed by atoms with Gasteiger partial charge in [-0.25, -0.2) is 22.4 Å². The van der Waals surface area contributed by atoms with Crippen molar-refractivity contribution in [3.05, 3.63) is 71.6 Å². The van der Waals surface area contributed by atoms with Crippen molar-refractivity contribution in [1.82, 2.24) is 9.80 Å². The van der Waals surface area contributed by atoms with Crippen LogP contribution in [-0.2, 0) is 0 Å². The molecule has 1 unspecified atom stereocenters. The van der Waals surface area contributed by atoms with Crippen molar-refractivity contribution >= 4 is 17.4 Å². The summed E-state index contributed by atoms with van der Waals surface area (Å²) in [5.74, 6) is -3.36. The number of piperazine rings is 1. The third-order valence-corrected chi connectivity index (χ3v) is 5.07. The number of halogens is 4. The van der Waals surface area contributed by atoms with Crippen LogP contribution in [-0.4, -0.2) is 41.6 Å². The summed E-state index contributed by atoms with van der Waals surface area (Å²) < 4.78 is 54.5. The predicted octanol–water partition coefficient (Wildman–Crippen LogP) is 4.02. The normalized spacial score (nSPS) is 18.2. The Balaban J connectivity index is 1.49. The second-order valence-electron chi connectivity index (χ2n) is 6.98. The number of nitrogens with one attached hydrogen (secondary N) is 1. The lowest BCUT2D eigenvalue weighted by Gasteiger charge is -2.41. The highest BCUT2D eigenvalue weighted by molar-refractivity contribution is 5.89. The molecule has 2 aromatic rings. The summed E-state index contributed by atoms with van der Waals surface area (Å²) in [5, 5.41) is 2.57. The summed E-state index contributed by atoms with van der Waals surface area (Å²) >= 11 is 0. The zero-order valence-electron chi connectivity index (χ0n) is 15.5. The monoisotopic (exact) mass is 406 g/mol. The Kier molecular flexibility index (Phi) is 4.81. The van der Waals surface area contributed by atoms with Gasteiger partial charge in [0.15, 0.2) is 11.6 Å². The lowest BCUT2D eigenvalue weighted by atomic mass is 10.2. The maximum Gasteiger partial charge on any atom is 0.322 e. The number of urea groups is 1. The molecule has 2 aliphatic heterocycles. The van der Waals surface area contributed by atoms with Crippen LogP contribution in [0.1, 0.15) is 5.56 Å². The number of hydrogen-bond acceptors (Lipinski definition) is 3. The minimum atomic E-state index is -1.04. The third-order valence-electron chi connectivity index (χ3n) is 5.07. The average molecular weight is 406 g/mol. The number of carbonyl (C=O) groups excluding carboxylic acids is 1. The first kappa shape index (κ1) is 19.1. The fraction of sp³-hybridized carbons (Fsp3) is 0.250. The number of benzene rings is 2. The molecule has 1 saturated heterocycles. The maximum atomic E-state index is 14.2. The molecule has 29 heavy (non-hydrogen) atoms. The number of anilines is 2. The Morgan fingerprint density at radius 3 is 2.55 bits per heavy atom. The highest BCUT2D eigenvalue weighted by Gasteiger charge is 2.35. The molecule has 1 N–H and O–H groups in total. The Hall–Kier alpha value is -3.23. The predicted molar refractivity (Wildman–Crippen MR) is 100 cm³/mol. The summed E-state index contributed by atoms with van der Waals surface area (Å²) in [4.78, 5) is 17.7. The molecule has 0 aromatic heterocycles. The van der Waals surface area contributed by atoms with Crippen LogP contribution in [0.2, 0.25) is 0 Å². The van der Waals surface area contributed by atoms with E-state index in [0.717, 1.165) is 12.1 Å². The number of rotatable bonds is 2. The van der Waals surface area contributed by atoms with Gasteiger partial charge in [0, 0.05) is 43.3 Å². The molecule has 0 aliphatic carbocycles. The van der Waals surface area contributed by atoms with Crippen LogP contribution in [0, 0.1) is 30.2 Å². The van der Waals surface area contributed by atoms with Gasteiger partial charge in [-0.1, -0.05) is 0 Å². The summed E-state index contributed by atoms with van der Waals surface area (Å²) in [6, 6.07) is 5.14. The van der Waals surface area contributed by atoms with Crippen LogP contribution in [0.4, 0.5) is 33.7 Å². The van der Waals surface area contributed by atoms with E-state index in [1.165, 1.54) is 30.0 Å². The molecule has 0 bridgehead atoms. The lowest BCUT2D eigenvalue weighted by molar-refractivity contribution is 0.141. The molecule has 4 rings (SSSR count). The van der Waals surface area contributed by atoms with E-state index in [-0.39, 0.29) is 29.6 Å². The number of aryl methyl sites for hydroxylation is 1. The van der Waals surface area contributed by atoms with E-state index in [2.05, 4.69) is 5.32 Å². The highest BCUT2D eigenvalue weighted by atomic mass is 19.2. The first-order valence-corrected chi connectivity index (χ1v) is 9.02. The minimum Gasteiger partial charge on any atom is -0.352 e. The number of carbonyl (C=O) groups is 1. The van der Waals surface area contributed by atoms with Crippen molar-refractivity contribution in [3.8, 4) is 0 Å². The van der Waals surface area contributed by atoms with E-state index in [1.807, 2.05) is 4.90 Å². The van der Waals surface area contributed by atoms with Crippen molar-refractivity contribution in [2.24, 2.45) is 0 Å². The van der Waals surface area contributed by atoms with E-state index in [4.69, 9.17) is 0 Å². The topological polar surface area (TPSA) is 38.8 Å². The molecule has 0 spiro atoms. The summed E-state index contributed by atoms with van der Waals surface area (Å²) in [6.45, 7) is 2.55. The number of amides is 2. The Morgan fingerprint density at radius 2 is 1.83 bits per heavy atom. The first-order chi connectivity index (χ1) is 13.8. The van der Waals surface area contributed by atoms with E-state index < -0.39 is 29.3 Å². The Bertz CT molecular complexity index is 973. The quantitative estimate of drug-likeness (QED) is 0.766. The van der Waals surface area contributed by atoms with Crippen LogP contribution in [0.15, 0.2) is 42.7 Å². The molecule has 2 aliphatic rings. The molecule has 1 atom stereocenters. The first-order valence-electron chi connectivity index (χ1n) is 9.02. The van der Waals surface area contributed by atoms with Crippen molar-refractivity contribution in [1.29, 1.82) is 0 Å². The van der Waals surface area contributed by atoms with Gasteiger partial charge in [0.1, 0.15) is 17.8 Å². The van der Waals surface area contributed by atoms with Gasteiger partial charge in [-0.2, -0.15) is 0 Å². The minimum absolute atomic E-state index is 0.0862.